The summed E-state index contributed by atoms with van der Waals surface area (Å²) >= 11 is 2.16. The first-order valence-corrected chi connectivity index (χ1v) is 10.4. The summed E-state index contributed by atoms with van der Waals surface area (Å²) in [4.78, 5) is 26.4. The van der Waals surface area contributed by atoms with Gasteiger partial charge in [0.25, 0.3) is 0 Å². The van der Waals surface area contributed by atoms with Gasteiger partial charge in [-0.05, 0) is 87.9 Å². The molecule has 162 valence electrons. The second-order valence-corrected chi connectivity index (χ2v) is 9.89. The lowest BCUT2D eigenvalue weighted by molar-refractivity contribution is -0.156. The van der Waals surface area contributed by atoms with E-state index < -0.39 is 23.3 Å². The fraction of sp³-hybridized carbons (Fsp3) is 0.500. The number of esters is 1. The summed E-state index contributed by atoms with van der Waals surface area (Å²) < 4.78 is 11.8. The molecule has 0 aliphatic carbocycles. The minimum absolute atomic E-state index is 0.145. The maximum absolute atomic E-state index is 12.8. The highest BCUT2D eigenvalue weighted by atomic mass is 127. The Labute approximate surface area is 189 Å². The van der Waals surface area contributed by atoms with Crippen molar-refractivity contribution in [3.05, 3.63) is 33.7 Å². The van der Waals surface area contributed by atoms with Crippen LogP contribution in [0.2, 0.25) is 0 Å². The van der Waals surface area contributed by atoms with Crippen LogP contribution in [0.3, 0.4) is 0 Å². The molecular weight excluding hydrogens is 501 g/mol. The van der Waals surface area contributed by atoms with Crippen molar-refractivity contribution in [1.29, 1.82) is 0 Å². The van der Waals surface area contributed by atoms with Gasteiger partial charge in [-0.1, -0.05) is 0 Å². The van der Waals surface area contributed by atoms with E-state index in [2.05, 4.69) is 43.0 Å². The van der Waals surface area contributed by atoms with E-state index in [9.17, 15) is 9.59 Å². The molecule has 0 spiro atoms. The van der Waals surface area contributed by atoms with Gasteiger partial charge in [-0.15, -0.1) is 20.4 Å². The highest BCUT2D eigenvalue weighted by Gasteiger charge is 2.27. The summed E-state index contributed by atoms with van der Waals surface area (Å²) in [5.41, 5.74) is 0.128. The second-order valence-electron chi connectivity index (χ2n) is 8.64. The molecule has 0 saturated carbocycles. The number of rotatable bonds is 5. The SMILES string of the molecule is CC(C)(C)OC(=O)CN(Cc1cc(I)cc(-c2nncnn2)c1)C(=O)OC(C)(C)C. The number of hydrogen-bond acceptors (Lipinski definition) is 8. The van der Waals surface area contributed by atoms with Gasteiger partial charge in [0.05, 0.1) is 0 Å². The van der Waals surface area contributed by atoms with E-state index in [1.54, 1.807) is 41.5 Å². The number of nitrogens with zero attached hydrogens (tertiary/aromatic N) is 5. The van der Waals surface area contributed by atoms with E-state index >= 15 is 0 Å². The molecule has 0 atom stereocenters. The zero-order chi connectivity index (χ0) is 22.5. The average molecular weight is 527 g/mol. The van der Waals surface area contributed by atoms with Gasteiger partial charge in [0.1, 0.15) is 17.7 Å². The van der Waals surface area contributed by atoms with Gasteiger partial charge in [-0.3, -0.25) is 9.69 Å². The Morgan fingerprint density at radius 1 is 0.967 bits per heavy atom. The number of carbonyl (C=O) groups is 2. The molecule has 0 aliphatic heterocycles. The summed E-state index contributed by atoms with van der Waals surface area (Å²) in [5, 5.41) is 15.5. The average Bonchev–Trinajstić information content (AvgIpc) is 2.58. The number of benzene rings is 1. The molecule has 1 aromatic heterocycles. The molecule has 30 heavy (non-hydrogen) atoms. The minimum Gasteiger partial charge on any atom is -0.459 e. The van der Waals surface area contributed by atoms with Gasteiger partial charge in [0.15, 0.2) is 6.33 Å². The van der Waals surface area contributed by atoms with E-state index in [4.69, 9.17) is 9.47 Å². The predicted molar refractivity (Wildman–Crippen MR) is 118 cm³/mol. The summed E-state index contributed by atoms with van der Waals surface area (Å²) in [6, 6.07) is 5.61. The quantitative estimate of drug-likeness (QED) is 0.429. The van der Waals surface area contributed by atoms with Crippen LogP contribution in [0.1, 0.15) is 47.1 Å². The summed E-state index contributed by atoms with van der Waals surface area (Å²) in [7, 11) is 0. The number of amides is 1. The fourth-order valence-corrected chi connectivity index (χ4v) is 3.19. The summed E-state index contributed by atoms with van der Waals surface area (Å²) in [6.07, 6.45) is 0.650. The van der Waals surface area contributed by atoms with Gasteiger partial charge in [0.2, 0.25) is 5.82 Å². The van der Waals surface area contributed by atoms with E-state index in [0.29, 0.717) is 11.4 Å². The number of aromatic nitrogens is 4. The van der Waals surface area contributed by atoms with Gasteiger partial charge < -0.3 is 9.47 Å². The zero-order valence-electron chi connectivity index (χ0n) is 18.0. The topological polar surface area (TPSA) is 107 Å². The maximum Gasteiger partial charge on any atom is 0.411 e. The third-order valence-electron chi connectivity index (χ3n) is 3.39. The molecule has 9 nitrogen and oxygen atoms in total. The first-order chi connectivity index (χ1) is 13.8. The minimum atomic E-state index is -0.700. The standard InChI is InChI=1S/C20H26IN5O4/c1-19(2,3)29-16(27)11-26(18(28)30-20(4,5)6)10-13-7-14(9-15(21)8-13)17-24-22-12-23-25-17/h7-9,12H,10-11H2,1-6H3. The normalized spacial score (nSPS) is 11.7. The van der Waals surface area contributed by atoms with Crippen LogP contribution in [0, 0.1) is 3.57 Å². The van der Waals surface area contributed by atoms with Crippen LogP contribution >= 0.6 is 22.6 Å². The molecule has 1 amide bonds. The number of ether oxygens (including phenoxy) is 2. The smallest absolute Gasteiger partial charge is 0.411 e. The molecule has 0 aliphatic rings. The monoisotopic (exact) mass is 527 g/mol. The van der Waals surface area contributed by atoms with E-state index in [-0.39, 0.29) is 13.1 Å². The summed E-state index contributed by atoms with van der Waals surface area (Å²) in [5.74, 6) is -0.146. The van der Waals surface area contributed by atoms with Crippen molar-refractivity contribution in [2.45, 2.75) is 59.3 Å². The highest BCUT2D eigenvalue weighted by Crippen LogP contribution is 2.22. The first-order valence-electron chi connectivity index (χ1n) is 9.32. The maximum atomic E-state index is 12.8. The van der Waals surface area contributed by atoms with Crippen molar-refractivity contribution >= 4 is 34.7 Å². The molecular formula is C20H26IN5O4. The molecule has 0 saturated heterocycles. The van der Waals surface area contributed by atoms with Crippen LogP contribution in [0.5, 0.6) is 0 Å². The molecule has 0 N–H and O–H groups in total. The summed E-state index contributed by atoms with van der Waals surface area (Å²) in [6.45, 7) is 10.5. The first kappa shape index (κ1) is 23.9. The fourth-order valence-electron chi connectivity index (χ4n) is 2.45. The Bertz CT molecular complexity index is 894. The van der Waals surface area contributed by atoms with Gasteiger partial charge in [-0.25, -0.2) is 4.79 Å². The Morgan fingerprint density at radius 2 is 1.57 bits per heavy atom. The largest absolute Gasteiger partial charge is 0.459 e. The molecule has 10 heteroatoms. The third-order valence-corrected chi connectivity index (χ3v) is 4.01. The van der Waals surface area contributed by atoms with E-state index in [1.807, 2.05) is 18.2 Å². The molecule has 0 radical (unpaired) electrons. The van der Waals surface area contributed by atoms with Crippen LogP contribution in [-0.2, 0) is 20.8 Å². The molecule has 2 aromatic rings. The second kappa shape index (κ2) is 9.63. The number of carbonyl (C=O) groups excluding carboxylic acids is 2. The molecule has 1 aromatic carbocycles. The van der Waals surface area contributed by atoms with Crippen LogP contribution in [0.25, 0.3) is 11.4 Å². The van der Waals surface area contributed by atoms with Gasteiger partial charge >= 0.3 is 12.1 Å². The van der Waals surface area contributed by atoms with Crippen LogP contribution in [0.4, 0.5) is 4.79 Å². The van der Waals surface area contributed by atoms with E-state index in [0.717, 1.165) is 9.13 Å². The Morgan fingerprint density at radius 3 is 2.13 bits per heavy atom. The van der Waals surface area contributed by atoms with Gasteiger partial charge in [-0.2, -0.15) is 0 Å². The van der Waals surface area contributed by atoms with Crippen molar-refractivity contribution in [3.63, 3.8) is 0 Å². The Kier molecular flexibility index (Phi) is 7.67. The van der Waals surface area contributed by atoms with Crippen LogP contribution in [0.15, 0.2) is 24.5 Å². The number of halogens is 1. The lowest BCUT2D eigenvalue weighted by atomic mass is 10.1. The van der Waals surface area contributed by atoms with Gasteiger partial charge in [0, 0.05) is 15.7 Å². The molecule has 0 fully saturated rings. The molecule has 1 heterocycles. The molecule has 0 unspecified atom stereocenters. The highest BCUT2D eigenvalue weighted by molar-refractivity contribution is 14.1. The van der Waals surface area contributed by atoms with Crippen molar-refractivity contribution in [2.24, 2.45) is 0 Å². The van der Waals surface area contributed by atoms with Crippen molar-refractivity contribution in [1.82, 2.24) is 25.3 Å². The molecule has 0 bridgehead atoms. The Balaban J connectivity index is 2.29. The number of hydrogen-bond donors (Lipinski definition) is 0. The van der Waals surface area contributed by atoms with Crippen LogP contribution < -0.4 is 0 Å². The predicted octanol–water partition coefficient (Wildman–Crippen LogP) is 3.62. The van der Waals surface area contributed by atoms with E-state index in [1.165, 1.54) is 11.2 Å². The Hall–Kier alpha value is -2.37. The lowest BCUT2D eigenvalue weighted by Gasteiger charge is -2.28. The van der Waals surface area contributed by atoms with Crippen molar-refractivity contribution in [3.8, 4) is 11.4 Å². The third kappa shape index (κ3) is 8.17. The van der Waals surface area contributed by atoms with Crippen molar-refractivity contribution in [2.75, 3.05) is 6.54 Å². The lowest BCUT2D eigenvalue weighted by Crippen LogP contribution is -2.41. The van der Waals surface area contributed by atoms with Crippen molar-refractivity contribution < 1.29 is 19.1 Å². The zero-order valence-corrected chi connectivity index (χ0v) is 20.1. The molecule has 2 rings (SSSR count). The van der Waals surface area contributed by atoms with Crippen LogP contribution in [-0.4, -0.2) is 55.1 Å².